The molecule has 12 nitrogen and oxygen atoms in total. The van der Waals surface area contributed by atoms with Crippen molar-refractivity contribution in [3.8, 4) is 22.9 Å². The maximum atomic E-state index is 13.4. The maximum Gasteiger partial charge on any atom is 0.336 e. The van der Waals surface area contributed by atoms with Crippen molar-refractivity contribution in [1.82, 2.24) is 25.4 Å². The lowest BCUT2D eigenvalue weighted by molar-refractivity contribution is -0.122. The number of hydrazone groups is 1. The second-order valence-electron chi connectivity index (χ2n) is 11.1. The fraction of sp³-hybridized carbons (Fsp3) is 0.242. The van der Waals surface area contributed by atoms with Gasteiger partial charge in [0.25, 0.3) is 5.91 Å². The molecule has 0 atom stereocenters. The number of hydrogen-bond donors (Lipinski definition) is 2. The summed E-state index contributed by atoms with van der Waals surface area (Å²) in [7, 11) is 0. The molecule has 2 aromatic heterocycles. The lowest BCUT2D eigenvalue weighted by Gasteiger charge is -2.33. The van der Waals surface area contributed by atoms with Crippen molar-refractivity contribution in [2.24, 2.45) is 5.10 Å². The van der Waals surface area contributed by atoms with Crippen LogP contribution in [0.3, 0.4) is 0 Å². The quantitative estimate of drug-likeness (QED) is 0.130. The monoisotopic (exact) mass is 644 g/mol. The van der Waals surface area contributed by atoms with E-state index in [0.29, 0.717) is 61.0 Å². The summed E-state index contributed by atoms with van der Waals surface area (Å²) in [5.74, 6) is -1.16. The van der Waals surface area contributed by atoms with Crippen LogP contribution in [0.25, 0.3) is 22.4 Å². The van der Waals surface area contributed by atoms with Crippen LogP contribution in [-0.2, 0) is 17.9 Å². The third-order valence-electron chi connectivity index (χ3n) is 7.66. The van der Waals surface area contributed by atoms with Gasteiger partial charge in [0.1, 0.15) is 23.7 Å². The Morgan fingerprint density at radius 1 is 1.04 bits per heavy atom. The first-order valence-corrected chi connectivity index (χ1v) is 14.7. The normalized spacial score (nSPS) is 14.2. The molecule has 14 heteroatoms. The number of aromatic nitrogens is 2. The van der Waals surface area contributed by atoms with E-state index in [1.165, 1.54) is 24.4 Å². The number of phenolic OH excluding ortho intramolecular Hbond substituents is 1. The molecule has 1 fully saturated rings. The number of rotatable bonds is 10. The smallest absolute Gasteiger partial charge is 0.336 e. The Balaban J connectivity index is 0.939. The van der Waals surface area contributed by atoms with E-state index in [0.717, 1.165) is 23.3 Å². The highest BCUT2D eigenvalue weighted by molar-refractivity contribution is 5.93. The topological polar surface area (TPSA) is 147 Å². The van der Waals surface area contributed by atoms with Crippen molar-refractivity contribution in [3.63, 3.8) is 0 Å². The highest BCUT2D eigenvalue weighted by Gasteiger charge is 2.21. The van der Waals surface area contributed by atoms with E-state index < -0.39 is 17.3 Å². The summed E-state index contributed by atoms with van der Waals surface area (Å²) in [5, 5.41) is 19.0. The molecule has 1 aliphatic rings. The molecule has 0 radical (unpaired) electrons. The van der Waals surface area contributed by atoms with Crippen molar-refractivity contribution >= 4 is 23.1 Å². The molecule has 47 heavy (non-hydrogen) atoms. The van der Waals surface area contributed by atoms with Crippen LogP contribution in [0.4, 0.5) is 8.78 Å². The molecule has 1 saturated heterocycles. The number of aromatic hydroxyl groups is 1. The number of halogens is 2. The molecule has 5 aromatic rings. The van der Waals surface area contributed by atoms with Crippen molar-refractivity contribution in [3.05, 3.63) is 105 Å². The molecule has 0 aliphatic carbocycles. The maximum absolute atomic E-state index is 13.4. The summed E-state index contributed by atoms with van der Waals surface area (Å²) in [5.41, 5.74) is 4.93. The summed E-state index contributed by atoms with van der Waals surface area (Å²) < 4.78 is 42.6. The Bertz CT molecular complexity index is 1990. The van der Waals surface area contributed by atoms with Crippen LogP contribution in [-0.4, -0.2) is 69.9 Å². The number of amides is 1. The minimum atomic E-state index is -0.964. The lowest BCUT2D eigenvalue weighted by atomic mass is 10.1. The van der Waals surface area contributed by atoms with Crippen molar-refractivity contribution in [2.45, 2.75) is 20.1 Å². The second-order valence-corrected chi connectivity index (χ2v) is 11.1. The summed E-state index contributed by atoms with van der Waals surface area (Å²) in [6.07, 6.45) is 1.34. The zero-order valence-corrected chi connectivity index (χ0v) is 25.3. The summed E-state index contributed by atoms with van der Waals surface area (Å²) in [4.78, 5) is 32.7. The predicted molar refractivity (Wildman–Crippen MR) is 167 cm³/mol. The first-order valence-electron chi connectivity index (χ1n) is 14.7. The molecule has 3 heterocycles. The number of nitrogens with zero attached hydrogens (tertiary/aromatic N) is 5. The van der Waals surface area contributed by atoms with Gasteiger partial charge in [-0.1, -0.05) is 29.4 Å². The molecule has 6 rings (SSSR count). The standard InChI is InChI=1S/C33H30F2N6O6/c1-20-12-32(44)46-29-15-28(42)23(13-25(20)29)16-36-38-30(43)17-40-8-10-41(11-9-40)18-31-37-33(39-47-31)22-4-2-21(3-5-22)19-45-24-6-7-26(34)27(35)14-24/h2-7,12-16,42H,8-11,17-19H2,1H3,(H,38,43). The van der Waals surface area contributed by atoms with E-state index in [1.807, 2.05) is 29.2 Å². The Labute approximate surface area is 266 Å². The fourth-order valence-electron chi connectivity index (χ4n) is 5.10. The zero-order chi connectivity index (χ0) is 32.9. The molecule has 0 spiro atoms. The number of carbonyl (C=O) groups excluding carboxylic acids is 1. The SMILES string of the molecule is Cc1cc(=O)oc2cc(O)c(C=NNC(=O)CN3CCN(Cc4nc(-c5ccc(COc6ccc(F)c(F)c6)cc5)no4)CC3)cc12. The van der Waals surface area contributed by atoms with E-state index >= 15 is 0 Å². The van der Waals surface area contributed by atoms with Gasteiger partial charge in [-0.15, -0.1) is 0 Å². The average Bonchev–Trinajstić information content (AvgIpc) is 3.51. The number of nitrogens with one attached hydrogen (secondary N) is 1. The number of phenols is 1. The minimum Gasteiger partial charge on any atom is -0.507 e. The summed E-state index contributed by atoms with van der Waals surface area (Å²) in [6, 6.07) is 15.1. The number of hydrogen-bond acceptors (Lipinski definition) is 11. The second kappa shape index (κ2) is 13.9. The van der Waals surface area contributed by atoms with Gasteiger partial charge in [0, 0.05) is 60.9 Å². The summed E-state index contributed by atoms with van der Waals surface area (Å²) in [6.45, 7) is 5.28. The van der Waals surface area contributed by atoms with Gasteiger partial charge in [0.2, 0.25) is 11.7 Å². The van der Waals surface area contributed by atoms with Gasteiger partial charge in [-0.05, 0) is 36.2 Å². The van der Waals surface area contributed by atoms with Gasteiger partial charge in [0.05, 0.1) is 19.3 Å². The Hall–Kier alpha value is -5.47. The number of aryl methyl sites for hydroxylation is 1. The lowest BCUT2D eigenvalue weighted by Crippen LogP contribution is -2.48. The van der Waals surface area contributed by atoms with E-state index in [9.17, 15) is 23.5 Å². The van der Waals surface area contributed by atoms with Crippen LogP contribution < -0.4 is 15.8 Å². The van der Waals surface area contributed by atoms with Gasteiger partial charge >= 0.3 is 5.63 Å². The van der Waals surface area contributed by atoms with Crippen molar-refractivity contribution in [1.29, 1.82) is 0 Å². The predicted octanol–water partition coefficient (Wildman–Crippen LogP) is 3.98. The van der Waals surface area contributed by atoms with Crippen LogP contribution in [0, 0.1) is 18.6 Å². The van der Waals surface area contributed by atoms with Crippen molar-refractivity contribution < 1.29 is 32.4 Å². The van der Waals surface area contributed by atoms with Crippen LogP contribution in [0.5, 0.6) is 11.5 Å². The highest BCUT2D eigenvalue weighted by atomic mass is 19.2. The van der Waals surface area contributed by atoms with Gasteiger partial charge in [-0.25, -0.2) is 19.0 Å². The third kappa shape index (κ3) is 7.85. The van der Waals surface area contributed by atoms with Gasteiger partial charge < -0.3 is 18.8 Å². The Morgan fingerprint density at radius 3 is 2.57 bits per heavy atom. The average molecular weight is 645 g/mol. The van der Waals surface area contributed by atoms with Gasteiger partial charge in [0.15, 0.2) is 11.6 Å². The Morgan fingerprint density at radius 2 is 1.81 bits per heavy atom. The van der Waals surface area contributed by atoms with E-state index in [-0.39, 0.29) is 36.1 Å². The number of carbonyl (C=O) groups is 1. The van der Waals surface area contributed by atoms with E-state index in [2.05, 4.69) is 25.6 Å². The molecular weight excluding hydrogens is 614 g/mol. The van der Waals surface area contributed by atoms with Crippen molar-refractivity contribution in [2.75, 3.05) is 32.7 Å². The molecular formula is C33H30F2N6O6. The first-order chi connectivity index (χ1) is 22.7. The summed E-state index contributed by atoms with van der Waals surface area (Å²) >= 11 is 0. The molecule has 1 aliphatic heterocycles. The first kappa shape index (κ1) is 31.5. The van der Waals surface area contributed by atoms with Gasteiger partial charge in [-0.3, -0.25) is 14.6 Å². The number of benzene rings is 3. The molecule has 3 aromatic carbocycles. The minimum absolute atomic E-state index is 0.128. The Kier molecular flexibility index (Phi) is 9.31. The largest absolute Gasteiger partial charge is 0.507 e. The van der Waals surface area contributed by atoms with Crippen LogP contribution in [0.2, 0.25) is 0 Å². The molecule has 242 valence electrons. The number of fused-ring (bicyclic) bond motifs is 1. The van der Waals surface area contributed by atoms with E-state index in [4.69, 9.17) is 13.7 Å². The zero-order valence-electron chi connectivity index (χ0n) is 25.3. The fourth-order valence-corrected chi connectivity index (χ4v) is 5.10. The molecule has 0 saturated carbocycles. The number of ether oxygens (including phenoxy) is 1. The molecule has 0 bridgehead atoms. The van der Waals surface area contributed by atoms with Crippen LogP contribution in [0.15, 0.2) is 79.5 Å². The van der Waals surface area contributed by atoms with Gasteiger partial charge in [-0.2, -0.15) is 10.1 Å². The molecule has 1 amide bonds. The molecule has 2 N–H and O–H groups in total. The third-order valence-corrected chi connectivity index (χ3v) is 7.66. The highest BCUT2D eigenvalue weighted by Crippen LogP contribution is 2.25. The number of piperazine rings is 1. The van der Waals surface area contributed by atoms with E-state index in [1.54, 1.807) is 13.0 Å². The van der Waals surface area contributed by atoms with Crippen LogP contribution >= 0.6 is 0 Å². The van der Waals surface area contributed by atoms with Crippen LogP contribution in [0.1, 0.15) is 22.6 Å². The molecule has 0 unspecified atom stereocenters.